The van der Waals surface area contributed by atoms with Gasteiger partial charge in [0.05, 0.1) is 0 Å². The first-order valence-corrected chi connectivity index (χ1v) is 10.5. The van der Waals surface area contributed by atoms with Crippen molar-refractivity contribution in [2.24, 2.45) is 4.99 Å². The van der Waals surface area contributed by atoms with Gasteiger partial charge in [-0.05, 0) is 44.8 Å². The quantitative estimate of drug-likeness (QED) is 0.589. The Morgan fingerprint density at radius 2 is 2.11 bits per heavy atom. The SMILES string of the molecule is CN=C(NCC1(N(C)C)CCSC1)NC1CCN(c2c(F)cccc2F)C1. The molecule has 2 aliphatic rings. The van der Waals surface area contributed by atoms with Crippen LogP contribution in [0.1, 0.15) is 12.8 Å². The summed E-state index contributed by atoms with van der Waals surface area (Å²) in [5.41, 5.74) is 0.208. The zero-order chi connectivity index (χ0) is 19.4. The summed E-state index contributed by atoms with van der Waals surface area (Å²) in [5.74, 6) is 2.01. The van der Waals surface area contributed by atoms with E-state index in [-0.39, 0.29) is 17.3 Å². The van der Waals surface area contributed by atoms with Crippen LogP contribution < -0.4 is 15.5 Å². The van der Waals surface area contributed by atoms with E-state index in [0.717, 1.165) is 31.1 Å². The summed E-state index contributed by atoms with van der Waals surface area (Å²) in [7, 11) is 6.01. The Morgan fingerprint density at radius 1 is 1.37 bits per heavy atom. The van der Waals surface area contributed by atoms with Crippen molar-refractivity contribution in [1.82, 2.24) is 15.5 Å². The standard InChI is InChI=1S/C19H29F2N5S/c1-22-18(23-12-19(25(2)3)8-10-27-13-19)24-14-7-9-26(11-14)17-15(20)5-4-6-16(17)21/h4-6,14H,7-13H2,1-3H3,(H2,22,23,24). The van der Waals surface area contributed by atoms with Crippen molar-refractivity contribution < 1.29 is 8.78 Å². The molecule has 2 saturated heterocycles. The summed E-state index contributed by atoms with van der Waals surface area (Å²) >= 11 is 1.98. The van der Waals surface area contributed by atoms with E-state index in [0.29, 0.717) is 13.1 Å². The number of benzene rings is 1. The molecule has 2 aliphatic heterocycles. The largest absolute Gasteiger partial charge is 0.365 e. The van der Waals surface area contributed by atoms with Crippen molar-refractivity contribution in [1.29, 1.82) is 0 Å². The number of halogens is 2. The molecule has 0 spiro atoms. The first kappa shape index (κ1) is 20.2. The van der Waals surface area contributed by atoms with Crippen LogP contribution in [-0.2, 0) is 0 Å². The molecule has 150 valence electrons. The molecular formula is C19H29F2N5S. The zero-order valence-corrected chi connectivity index (χ0v) is 17.1. The van der Waals surface area contributed by atoms with Gasteiger partial charge in [-0.3, -0.25) is 4.99 Å². The molecule has 2 unspecified atom stereocenters. The highest BCUT2D eigenvalue weighted by molar-refractivity contribution is 7.99. The highest BCUT2D eigenvalue weighted by atomic mass is 32.2. The van der Waals surface area contributed by atoms with E-state index >= 15 is 0 Å². The first-order chi connectivity index (χ1) is 12.9. The van der Waals surface area contributed by atoms with E-state index in [1.165, 1.54) is 24.0 Å². The van der Waals surface area contributed by atoms with Gasteiger partial charge in [-0.1, -0.05) is 6.07 Å². The Bertz CT molecular complexity index is 656. The normalized spacial score (nSPS) is 26.1. The summed E-state index contributed by atoms with van der Waals surface area (Å²) in [5, 5.41) is 6.87. The molecule has 0 bridgehead atoms. The van der Waals surface area contributed by atoms with Gasteiger partial charge >= 0.3 is 0 Å². The number of likely N-dealkylation sites (N-methyl/N-ethyl adjacent to an activating group) is 1. The molecule has 1 aromatic rings. The maximum Gasteiger partial charge on any atom is 0.191 e. The number of rotatable bonds is 5. The van der Waals surface area contributed by atoms with E-state index in [9.17, 15) is 8.78 Å². The summed E-state index contributed by atoms with van der Waals surface area (Å²) in [6.45, 7) is 1.99. The van der Waals surface area contributed by atoms with Crippen molar-refractivity contribution in [2.75, 3.05) is 57.2 Å². The van der Waals surface area contributed by atoms with Crippen molar-refractivity contribution in [2.45, 2.75) is 24.4 Å². The summed E-state index contributed by atoms with van der Waals surface area (Å²) < 4.78 is 28.0. The molecule has 2 fully saturated rings. The number of hydrogen-bond donors (Lipinski definition) is 2. The fourth-order valence-electron chi connectivity index (χ4n) is 3.76. The molecule has 3 rings (SSSR count). The minimum absolute atomic E-state index is 0.0688. The lowest BCUT2D eigenvalue weighted by Gasteiger charge is -2.36. The molecule has 2 heterocycles. The number of nitrogens with zero attached hydrogens (tertiary/aromatic N) is 3. The molecule has 2 N–H and O–H groups in total. The number of guanidine groups is 1. The van der Waals surface area contributed by atoms with Crippen LogP contribution in [0, 0.1) is 11.6 Å². The Hall–Kier alpha value is -1.54. The van der Waals surface area contributed by atoms with Crippen molar-refractivity contribution in [3.8, 4) is 0 Å². The number of anilines is 1. The molecule has 0 aromatic heterocycles. The monoisotopic (exact) mass is 397 g/mol. The molecule has 5 nitrogen and oxygen atoms in total. The molecule has 27 heavy (non-hydrogen) atoms. The molecule has 0 radical (unpaired) electrons. The lowest BCUT2D eigenvalue weighted by atomic mass is 9.97. The van der Waals surface area contributed by atoms with Gasteiger partial charge in [-0.25, -0.2) is 8.78 Å². The van der Waals surface area contributed by atoms with Gasteiger partial charge in [0.1, 0.15) is 17.3 Å². The Kier molecular flexibility index (Phi) is 6.47. The first-order valence-electron chi connectivity index (χ1n) is 9.36. The fourth-order valence-corrected chi connectivity index (χ4v) is 5.31. The fraction of sp³-hybridized carbons (Fsp3) is 0.632. The molecule has 0 amide bonds. The third-order valence-corrected chi connectivity index (χ3v) is 6.86. The van der Waals surface area contributed by atoms with E-state index in [1.807, 2.05) is 11.8 Å². The van der Waals surface area contributed by atoms with E-state index in [4.69, 9.17) is 0 Å². The highest BCUT2D eigenvalue weighted by Crippen LogP contribution is 2.31. The lowest BCUT2D eigenvalue weighted by Crippen LogP contribution is -2.55. The van der Waals surface area contributed by atoms with Crippen LogP contribution >= 0.6 is 11.8 Å². The van der Waals surface area contributed by atoms with Gasteiger partial charge in [-0.15, -0.1) is 0 Å². The van der Waals surface area contributed by atoms with Gasteiger partial charge in [0.25, 0.3) is 0 Å². The minimum atomic E-state index is -0.509. The van der Waals surface area contributed by atoms with Gasteiger partial charge in [0.2, 0.25) is 0 Å². The van der Waals surface area contributed by atoms with Crippen molar-refractivity contribution in [3.05, 3.63) is 29.8 Å². The Labute approximate surface area is 164 Å². The molecule has 0 saturated carbocycles. The van der Waals surface area contributed by atoms with Crippen LogP contribution in [0.3, 0.4) is 0 Å². The third kappa shape index (κ3) is 4.48. The van der Waals surface area contributed by atoms with Gasteiger partial charge in [-0.2, -0.15) is 11.8 Å². The molecule has 1 aromatic carbocycles. The topological polar surface area (TPSA) is 42.9 Å². The Balaban J connectivity index is 1.57. The summed E-state index contributed by atoms with van der Waals surface area (Å²) in [4.78, 5) is 8.40. The van der Waals surface area contributed by atoms with Crippen LogP contribution in [0.4, 0.5) is 14.5 Å². The maximum atomic E-state index is 14.0. The maximum absolute atomic E-state index is 14.0. The third-order valence-electron chi connectivity index (χ3n) is 5.62. The van der Waals surface area contributed by atoms with Gasteiger partial charge in [0.15, 0.2) is 5.96 Å². The van der Waals surface area contributed by atoms with E-state index in [1.54, 1.807) is 11.9 Å². The van der Waals surface area contributed by atoms with Crippen LogP contribution in [0.25, 0.3) is 0 Å². The molecular weight excluding hydrogens is 368 g/mol. The van der Waals surface area contributed by atoms with Crippen molar-refractivity contribution >= 4 is 23.4 Å². The molecule has 8 heteroatoms. The minimum Gasteiger partial charge on any atom is -0.365 e. The smallest absolute Gasteiger partial charge is 0.191 e. The number of aliphatic imine (C=N–C) groups is 1. The van der Waals surface area contributed by atoms with Crippen molar-refractivity contribution in [3.63, 3.8) is 0 Å². The summed E-state index contributed by atoms with van der Waals surface area (Å²) in [6.07, 6.45) is 1.96. The predicted octanol–water partition coefficient (Wildman–Crippen LogP) is 2.15. The lowest BCUT2D eigenvalue weighted by molar-refractivity contribution is 0.183. The van der Waals surface area contributed by atoms with Gasteiger partial charge < -0.3 is 20.4 Å². The van der Waals surface area contributed by atoms with Crippen LogP contribution in [-0.4, -0.2) is 74.7 Å². The number of para-hydroxylation sites is 1. The molecule has 0 aliphatic carbocycles. The Morgan fingerprint density at radius 3 is 2.70 bits per heavy atom. The highest BCUT2D eigenvalue weighted by Gasteiger charge is 2.37. The van der Waals surface area contributed by atoms with Gasteiger partial charge in [0, 0.05) is 44.0 Å². The second-order valence-electron chi connectivity index (χ2n) is 7.49. The second kappa shape index (κ2) is 8.65. The average molecular weight is 398 g/mol. The second-order valence-corrected chi connectivity index (χ2v) is 8.60. The number of hydrogen-bond acceptors (Lipinski definition) is 4. The molecule has 2 atom stereocenters. The number of thioether (sulfide) groups is 1. The number of nitrogens with one attached hydrogen (secondary N) is 2. The zero-order valence-electron chi connectivity index (χ0n) is 16.3. The average Bonchev–Trinajstić information content (AvgIpc) is 3.29. The van der Waals surface area contributed by atoms with Crippen LogP contribution in [0.5, 0.6) is 0 Å². The van der Waals surface area contributed by atoms with E-state index in [2.05, 4.69) is 34.6 Å². The predicted molar refractivity (Wildman–Crippen MR) is 110 cm³/mol. The van der Waals surface area contributed by atoms with Crippen LogP contribution in [0.15, 0.2) is 23.2 Å². The van der Waals surface area contributed by atoms with E-state index < -0.39 is 11.6 Å². The summed E-state index contributed by atoms with van der Waals surface area (Å²) in [6, 6.07) is 4.11. The van der Waals surface area contributed by atoms with Crippen LogP contribution in [0.2, 0.25) is 0 Å².